The van der Waals surface area contributed by atoms with Crippen molar-refractivity contribution < 1.29 is 19.4 Å². The van der Waals surface area contributed by atoms with Crippen LogP contribution in [0.4, 0.5) is 0 Å². The van der Waals surface area contributed by atoms with E-state index in [9.17, 15) is 9.90 Å². The molecule has 1 aromatic rings. The minimum Gasteiger partial charge on any atom is -0.469 e. The highest BCUT2D eigenvalue weighted by molar-refractivity contribution is 5.70. The number of hydrogen-bond acceptors (Lipinski definition) is 4. The average Bonchev–Trinajstić information content (AvgIpc) is 2.61. The summed E-state index contributed by atoms with van der Waals surface area (Å²) in [7, 11) is 3.13. The number of allylic oxidation sites excluding steroid dienone is 1. The van der Waals surface area contributed by atoms with Crippen LogP contribution in [0, 0.1) is 11.3 Å². The normalized spacial score (nSPS) is 26.2. The Morgan fingerprint density at radius 3 is 2.52 bits per heavy atom. The second-order valence-corrected chi connectivity index (χ2v) is 7.39. The molecule has 0 unspecified atom stereocenters. The fraction of sp³-hybridized carbons (Fsp3) is 0.571. The molecule has 0 radical (unpaired) electrons. The molecule has 1 saturated carbocycles. The van der Waals surface area contributed by atoms with E-state index in [1.165, 1.54) is 18.2 Å². The van der Waals surface area contributed by atoms with Crippen LogP contribution in [0.1, 0.15) is 49.7 Å². The minimum atomic E-state index is -0.200. The molecule has 3 atom stereocenters. The lowest BCUT2D eigenvalue weighted by atomic mass is 9.61. The summed E-state index contributed by atoms with van der Waals surface area (Å²) < 4.78 is 10.4. The molecule has 25 heavy (non-hydrogen) atoms. The molecule has 138 valence electrons. The zero-order valence-electron chi connectivity index (χ0n) is 15.6. The summed E-state index contributed by atoms with van der Waals surface area (Å²) in [6.07, 6.45) is 3.16. The maximum absolute atomic E-state index is 12.0. The Morgan fingerprint density at radius 2 is 2.00 bits per heavy atom. The van der Waals surface area contributed by atoms with Gasteiger partial charge >= 0.3 is 5.97 Å². The van der Waals surface area contributed by atoms with Crippen molar-refractivity contribution in [2.45, 2.75) is 45.1 Å². The van der Waals surface area contributed by atoms with E-state index < -0.39 is 0 Å². The Hall–Kier alpha value is -1.65. The molecule has 1 aromatic carbocycles. The van der Waals surface area contributed by atoms with E-state index >= 15 is 0 Å². The fourth-order valence-corrected chi connectivity index (χ4v) is 4.21. The summed E-state index contributed by atoms with van der Waals surface area (Å²) in [6.45, 7) is 6.88. The first-order valence-electron chi connectivity index (χ1n) is 8.85. The van der Waals surface area contributed by atoms with Gasteiger partial charge in [0.1, 0.15) is 0 Å². The van der Waals surface area contributed by atoms with Crippen molar-refractivity contribution in [3.05, 3.63) is 47.5 Å². The van der Waals surface area contributed by atoms with Crippen molar-refractivity contribution >= 4 is 5.97 Å². The van der Waals surface area contributed by atoms with Crippen LogP contribution in [0.25, 0.3) is 0 Å². The highest BCUT2D eigenvalue weighted by Crippen LogP contribution is 2.51. The van der Waals surface area contributed by atoms with Crippen molar-refractivity contribution in [2.75, 3.05) is 20.8 Å². The van der Waals surface area contributed by atoms with Gasteiger partial charge in [-0.1, -0.05) is 36.4 Å². The molecule has 4 nitrogen and oxygen atoms in total. The van der Waals surface area contributed by atoms with Gasteiger partial charge in [-0.2, -0.15) is 0 Å². The summed E-state index contributed by atoms with van der Waals surface area (Å²) in [5.41, 5.74) is 3.12. The molecule has 0 saturated heterocycles. The van der Waals surface area contributed by atoms with Gasteiger partial charge in [-0.3, -0.25) is 4.79 Å². The third-order valence-electron chi connectivity index (χ3n) is 5.55. The average molecular weight is 346 g/mol. The molecule has 0 spiro atoms. The minimum absolute atomic E-state index is 0.0464. The first kappa shape index (κ1) is 19.7. The number of esters is 1. The van der Waals surface area contributed by atoms with Crippen molar-refractivity contribution in [1.82, 2.24) is 0 Å². The highest BCUT2D eigenvalue weighted by Gasteiger charge is 2.43. The molecular formula is C21H30O4. The summed E-state index contributed by atoms with van der Waals surface area (Å²) >= 11 is 0. The maximum atomic E-state index is 12.0. The molecule has 4 heteroatoms. The first-order chi connectivity index (χ1) is 11.9. The number of rotatable bonds is 7. The SMILES string of the molecule is C=C(C)[C@@H]1CC[C@@](COC)(CC(=O)OC)C[C@H]1c1ccc(CO)cc1. The number of aliphatic hydroxyl groups is 1. The van der Waals surface area contributed by atoms with Gasteiger partial charge in [-0.25, -0.2) is 0 Å². The van der Waals surface area contributed by atoms with Crippen molar-refractivity contribution in [3.63, 3.8) is 0 Å². The van der Waals surface area contributed by atoms with Gasteiger partial charge in [0.25, 0.3) is 0 Å². The van der Waals surface area contributed by atoms with Crippen LogP contribution in [-0.2, 0) is 20.9 Å². The first-order valence-corrected chi connectivity index (χ1v) is 8.85. The van der Waals surface area contributed by atoms with Gasteiger partial charge in [-0.15, -0.1) is 0 Å². The lowest BCUT2D eigenvalue weighted by Crippen LogP contribution is -2.38. The Kier molecular flexibility index (Phi) is 6.79. The molecule has 0 amide bonds. The van der Waals surface area contributed by atoms with Crippen molar-refractivity contribution in [2.24, 2.45) is 11.3 Å². The number of benzene rings is 1. The Bertz CT molecular complexity index is 592. The Morgan fingerprint density at radius 1 is 1.32 bits per heavy atom. The number of aliphatic hydroxyl groups excluding tert-OH is 1. The van der Waals surface area contributed by atoms with Crippen LogP contribution in [0.5, 0.6) is 0 Å². The smallest absolute Gasteiger partial charge is 0.306 e. The van der Waals surface area contributed by atoms with Crippen LogP contribution in [-0.4, -0.2) is 31.9 Å². The lowest BCUT2D eigenvalue weighted by molar-refractivity contribution is -0.145. The van der Waals surface area contributed by atoms with Crippen LogP contribution in [0.2, 0.25) is 0 Å². The van der Waals surface area contributed by atoms with Gasteiger partial charge in [0.05, 0.1) is 26.7 Å². The summed E-state index contributed by atoms with van der Waals surface area (Å²) in [4.78, 5) is 12.0. The van der Waals surface area contributed by atoms with E-state index in [2.05, 4.69) is 25.6 Å². The third kappa shape index (κ3) is 4.71. The summed E-state index contributed by atoms with van der Waals surface area (Å²) in [5, 5.41) is 9.28. The Labute approximate surface area is 150 Å². The topological polar surface area (TPSA) is 55.8 Å². The molecular weight excluding hydrogens is 316 g/mol. The van der Waals surface area contributed by atoms with Crippen LogP contribution in [0.3, 0.4) is 0 Å². The molecule has 1 N–H and O–H groups in total. The van der Waals surface area contributed by atoms with Gasteiger partial charge < -0.3 is 14.6 Å². The number of carbonyl (C=O) groups is 1. The van der Waals surface area contributed by atoms with Gasteiger partial charge in [0.2, 0.25) is 0 Å². The van der Waals surface area contributed by atoms with E-state index in [0.717, 1.165) is 24.8 Å². The molecule has 2 rings (SSSR count). The number of ether oxygens (including phenoxy) is 2. The highest BCUT2D eigenvalue weighted by atomic mass is 16.5. The standard InChI is InChI=1S/C21H30O4/c1-15(2)18-9-10-21(14-24-3,12-20(23)25-4)11-19(18)17-7-5-16(13-22)6-8-17/h5-8,18-19,22H,1,9-14H2,2-4H3/t18-,19-,21-/m0/s1. The number of methoxy groups -OCH3 is 2. The molecule has 0 heterocycles. The van der Waals surface area contributed by atoms with E-state index in [4.69, 9.17) is 9.47 Å². The van der Waals surface area contributed by atoms with E-state index in [-0.39, 0.29) is 18.0 Å². The lowest BCUT2D eigenvalue weighted by Gasteiger charge is -2.44. The van der Waals surface area contributed by atoms with E-state index in [1.54, 1.807) is 7.11 Å². The van der Waals surface area contributed by atoms with Gasteiger partial charge in [0.15, 0.2) is 0 Å². The second-order valence-electron chi connectivity index (χ2n) is 7.39. The van der Waals surface area contributed by atoms with Crippen molar-refractivity contribution in [3.8, 4) is 0 Å². The fourth-order valence-electron chi connectivity index (χ4n) is 4.21. The largest absolute Gasteiger partial charge is 0.469 e. The number of carbonyl (C=O) groups excluding carboxylic acids is 1. The van der Waals surface area contributed by atoms with E-state index in [1.807, 2.05) is 12.1 Å². The van der Waals surface area contributed by atoms with Crippen LogP contribution < -0.4 is 0 Å². The molecule has 0 bridgehead atoms. The van der Waals surface area contributed by atoms with Crippen molar-refractivity contribution in [1.29, 1.82) is 0 Å². The van der Waals surface area contributed by atoms with Gasteiger partial charge in [0, 0.05) is 12.5 Å². The summed E-state index contributed by atoms with van der Waals surface area (Å²) in [6, 6.07) is 8.12. The van der Waals surface area contributed by atoms with Crippen LogP contribution in [0.15, 0.2) is 36.4 Å². The predicted octanol–water partition coefficient (Wildman–Crippen LogP) is 3.83. The molecule has 0 aliphatic heterocycles. The monoisotopic (exact) mass is 346 g/mol. The summed E-state index contributed by atoms with van der Waals surface area (Å²) in [5.74, 6) is 0.501. The second kappa shape index (κ2) is 8.63. The zero-order chi connectivity index (χ0) is 18.4. The Balaban J connectivity index is 2.32. The molecule has 1 aliphatic carbocycles. The molecule has 1 aliphatic rings. The molecule has 1 fully saturated rings. The quantitative estimate of drug-likeness (QED) is 0.602. The predicted molar refractivity (Wildman–Crippen MR) is 98.2 cm³/mol. The molecule has 0 aromatic heterocycles. The third-order valence-corrected chi connectivity index (χ3v) is 5.55. The zero-order valence-corrected chi connectivity index (χ0v) is 15.6. The number of hydrogen-bond donors (Lipinski definition) is 1. The van der Waals surface area contributed by atoms with Crippen LogP contribution >= 0.6 is 0 Å². The van der Waals surface area contributed by atoms with E-state index in [0.29, 0.717) is 24.9 Å². The maximum Gasteiger partial charge on any atom is 0.306 e. The van der Waals surface area contributed by atoms with Gasteiger partial charge in [-0.05, 0) is 49.1 Å².